The zero-order valence-electron chi connectivity index (χ0n) is 14.3. The molecule has 8 heteroatoms. The van der Waals surface area contributed by atoms with Gasteiger partial charge in [0.25, 0.3) is 0 Å². The molecule has 1 aromatic heterocycles. The molecule has 1 aromatic carbocycles. The number of imidazole rings is 1. The van der Waals surface area contributed by atoms with E-state index in [1.54, 1.807) is 30.7 Å². The topological polar surface area (TPSA) is 88.4 Å². The van der Waals surface area contributed by atoms with E-state index in [0.29, 0.717) is 17.3 Å². The number of halogens is 1. The minimum atomic E-state index is -0.817. The highest BCUT2D eigenvalue weighted by Gasteiger charge is 2.09. The summed E-state index contributed by atoms with van der Waals surface area (Å²) >= 11 is 5.95. The molecule has 25 heavy (non-hydrogen) atoms. The van der Waals surface area contributed by atoms with Gasteiger partial charge in [0.15, 0.2) is 0 Å². The number of ether oxygens (including phenoxy) is 1. The number of amides is 2. The second-order valence-electron chi connectivity index (χ2n) is 5.61. The Hall–Kier alpha value is -2.25. The van der Waals surface area contributed by atoms with Gasteiger partial charge >= 0.3 is 6.03 Å². The van der Waals surface area contributed by atoms with E-state index in [9.17, 15) is 9.90 Å². The van der Waals surface area contributed by atoms with Gasteiger partial charge in [-0.15, -0.1) is 0 Å². The SMILES string of the molecule is CCn1cncc1CNC(=O)NCC(O)COc1ccc(Cl)c(C)c1. The third-order valence-electron chi connectivity index (χ3n) is 3.64. The Labute approximate surface area is 152 Å². The Bertz CT molecular complexity index is 705. The van der Waals surface area contributed by atoms with Gasteiger partial charge < -0.3 is 25.0 Å². The van der Waals surface area contributed by atoms with Crippen molar-refractivity contribution in [2.45, 2.75) is 33.0 Å². The maximum Gasteiger partial charge on any atom is 0.315 e. The first-order valence-electron chi connectivity index (χ1n) is 8.07. The fourth-order valence-electron chi connectivity index (χ4n) is 2.18. The van der Waals surface area contributed by atoms with Crippen LogP contribution < -0.4 is 15.4 Å². The fourth-order valence-corrected chi connectivity index (χ4v) is 2.30. The average molecular weight is 367 g/mol. The minimum Gasteiger partial charge on any atom is -0.491 e. The lowest BCUT2D eigenvalue weighted by atomic mass is 10.2. The van der Waals surface area contributed by atoms with Gasteiger partial charge in [0, 0.05) is 24.3 Å². The second-order valence-corrected chi connectivity index (χ2v) is 6.02. The maximum atomic E-state index is 11.8. The third-order valence-corrected chi connectivity index (χ3v) is 4.06. The van der Waals surface area contributed by atoms with E-state index in [2.05, 4.69) is 15.6 Å². The van der Waals surface area contributed by atoms with Crippen molar-refractivity contribution in [3.05, 3.63) is 47.0 Å². The summed E-state index contributed by atoms with van der Waals surface area (Å²) in [5, 5.41) is 15.9. The number of benzene rings is 1. The van der Waals surface area contributed by atoms with Crippen LogP contribution in [0.5, 0.6) is 5.75 Å². The molecule has 2 aromatic rings. The quantitative estimate of drug-likeness (QED) is 0.667. The first kappa shape index (κ1) is 19.1. The number of aliphatic hydroxyl groups excluding tert-OH is 1. The van der Waals surface area contributed by atoms with Gasteiger partial charge in [-0.25, -0.2) is 9.78 Å². The smallest absolute Gasteiger partial charge is 0.315 e. The van der Waals surface area contributed by atoms with Crippen molar-refractivity contribution in [3.63, 3.8) is 0 Å². The van der Waals surface area contributed by atoms with Crippen molar-refractivity contribution >= 4 is 17.6 Å². The monoisotopic (exact) mass is 366 g/mol. The van der Waals surface area contributed by atoms with Crippen LogP contribution in [0.4, 0.5) is 4.79 Å². The van der Waals surface area contributed by atoms with Crippen molar-refractivity contribution < 1.29 is 14.6 Å². The molecule has 0 bridgehead atoms. The number of hydrogen-bond acceptors (Lipinski definition) is 4. The number of carbonyl (C=O) groups is 1. The van der Waals surface area contributed by atoms with Crippen LogP contribution in [0.1, 0.15) is 18.2 Å². The summed E-state index contributed by atoms with van der Waals surface area (Å²) in [5.41, 5.74) is 1.82. The zero-order valence-corrected chi connectivity index (χ0v) is 15.1. The summed E-state index contributed by atoms with van der Waals surface area (Å²) in [5.74, 6) is 0.623. The standard InChI is InChI=1S/C17H23ClN4O3/c1-3-22-11-19-7-13(22)8-20-17(24)21-9-14(23)10-25-15-4-5-16(18)12(2)6-15/h4-7,11,14,23H,3,8-10H2,1-2H3,(H2,20,21,24). The zero-order chi connectivity index (χ0) is 18.2. The van der Waals surface area contributed by atoms with Gasteiger partial charge in [0.2, 0.25) is 0 Å². The summed E-state index contributed by atoms with van der Waals surface area (Å²) < 4.78 is 7.43. The van der Waals surface area contributed by atoms with E-state index in [0.717, 1.165) is 17.8 Å². The van der Waals surface area contributed by atoms with Gasteiger partial charge in [-0.1, -0.05) is 11.6 Å². The Morgan fingerprint density at radius 2 is 2.24 bits per heavy atom. The molecule has 0 fully saturated rings. The number of aliphatic hydroxyl groups is 1. The predicted molar refractivity (Wildman–Crippen MR) is 95.8 cm³/mol. The lowest BCUT2D eigenvalue weighted by Crippen LogP contribution is -2.41. The van der Waals surface area contributed by atoms with E-state index in [1.807, 2.05) is 18.4 Å². The van der Waals surface area contributed by atoms with Crippen LogP contribution in [-0.2, 0) is 13.1 Å². The van der Waals surface area contributed by atoms with Crippen LogP contribution in [0.3, 0.4) is 0 Å². The van der Waals surface area contributed by atoms with Gasteiger partial charge in [-0.3, -0.25) is 0 Å². The Morgan fingerprint density at radius 1 is 1.44 bits per heavy atom. The molecule has 0 saturated heterocycles. The highest BCUT2D eigenvalue weighted by molar-refractivity contribution is 6.31. The molecule has 0 saturated carbocycles. The van der Waals surface area contributed by atoms with Crippen LogP contribution >= 0.6 is 11.6 Å². The molecule has 7 nitrogen and oxygen atoms in total. The summed E-state index contributed by atoms with van der Waals surface area (Å²) in [6.07, 6.45) is 2.61. The number of rotatable bonds is 8. The number of nitrogens with one attached hydrogen (secondary N) is 2. The van der Waals surface area contributed by atoms with E-state index in [4.69, 9.17) is 16.3 Å². The van der Waals surface area contributed by atoms with Gasteiger partial charge in [-0.2, -0.15) is 0 Å². The molecule has 1 atom stereocenters. The molecule has 0 aliphatic heterocycles. The molecule has 1 heterocycles. The molecule has 0 spiro atoms. The molecule has 3 N–H and O–H groups in total. The van der Waals surface area contributed by atoms with Crippen molar-refractivity contribution in [2.75, 3.05) is 13.2 Å². The third kappa shape index (κ3) is 5.95. The largest absolute Gasteiger partial charge is 0.491 e. The molecule has 2 amide bonds. The average Bonchev–Trinajstić information content (AvgIpc) is 3.06. The first-order chi connectivity index (χ1) is 12.0. The predicted octanol–water partition coefficient (Wildman–Crippen LogP) is 2.10. The minimum absolute atomic E-state index is 0.0734. The molecule has 136 valence electrons. The van der Waals surface area contributed by atoms with Crippen molar-refractivity contribution in [2.24, 2.45) is 0 Å². The molecule has 0 aliphatic rings. The van der Waals surface area contributed by atoms with Crippen LogP contribution in [-0.4, -0.2) is 39.9 Å². The Morgan fingerprint density at radius 3 is 2.96 bits per heavy atom. The lowest BCUT2D eigenvalue weighted by Gasteiger charge is -2.14. The molecule has 1 unspecified atom stereocenters. The second kappa shape index (κ2) is 9.29. The number of hydrogen-bond donors (Lipinski definition) is 3. The van der Waals surface area contributed by atoms with E-state index in [-0.39, 0.29) is 19.2 Å². The van der Waals surface area contributed by atoms with Crippen LogP contribution in [0.25, 0.3) is 0 Å². The van der Waals surface area contributed by atoms with Crippen molar-refractivity contribution in [1.29, 1.82) is 0 Å². The van der Waals surface area contributed by atoms with Crippen LogP contribution in [0.15, 0.2) is 30.7 Å². The van der Waals surface area contributed by atoms with E-state index >= 15 is 0 Å². The number of carbonyl (C=O) groups excluding carboxylic acids is 1. The fraction of sp³-hybridized carbons (Fsp3) is 0.412. The lowest BCUT2D eigenvalue weighted by molar-refractivity contribution is 0.108. The number of nitrogens with zero attached hydrogens (tertiary/aromatic N) is 2. The molecule has 0 radical (unpaired) electrons. The van der Waals surface area contributed by atoms with Gasteiger partial charge in [0.1, 0.15) is 18.5 Å². The van der Waals surface area contributed by atoms with Gasteiger partial charge in [-0.05, 0) is 37.6 Å². The van der Waals surface area contributed by atoms with Crippen LogP contribution in [0.2, 0.25) is 5.02 Å². The number of urea groups is 1. The van der Waals surface area contributed by atoms with E-state index < -0.39 is 6.10 Å². The van der Waals surface area contributed by atoms with Crippen LogP contribution in [0, 0.1) is 6.92 Å². The molecule has 2 rings (SSSR count). The van der Waals surface area contributed by atoms with Crippen molar-refractivity contribution in [3.8, 4) is 5.75 Å². The summed E-state index contributed by atoms with van der Waals surface area (Å²) in [7, 11) is 0. The summed E-state index contributed by atoms with van der Waals surface area (Å²) in [6.45, 7) is 5.20. The first-order valence-corrected chi connectivity index (χ1v) is 8.45. The molecular formula is C17H23ClN4O3. The number of aromatic nitrogens is 2. The molecule has 0 aliphatic carbocycles. The molecular weight excluding hydrogens is 344 g/mol. The Balaban J connectivity index is 1.67. The van der Waals surface area contributed by atoms with E-state index in [1.165, 1.54) is 0 Å². The normalized spacial score (nSPS) is 11.8. The maximum absolute atomic E-state index is 11.8. The highest BCUT2D eigenvalue weighted by atomic mass is 35.5. The van der Waals surface area contributed by atoms with Crippen molar-refractivity contribution in [1.82, 2.24) is 20.2 Å². The highest BCUT2D eigenvalue weighted by Crippen LogP contribution is 2.21. The number of aryl methyl sites for hydroxylation is 2. The summed E-state index contributed by atoms with van der Waals surface area (Å²) in [4.78, 5) is 15.8. The van der Waals surface area contributed by atoms with Gasteiger partial charge in [0.05, 0.1) is 18.6 Å². The summed E-state index contributed by atoms with van der Waals surface area (Å²) in [6, 6.07) is 4.92. The Kier molecular flexibility index (Phi) is 7.09.